The van der Waals surface area contributed by atoms with Crippen molar-refractivity contribution in [2.75, 3.05) is 24.7 Å². The average Bonchev–Trinajstić information content (AvgIpc) is 3.63. The number of nitrogens with one attached hydrogen (secondary N) is 2. The maximum Gasteiger partial charge on any atom is 0.266 e. The highest BCUT2D eigenvalue weighted by molar-refractivity contribution is 7.91. The van der Waals surface area contributed by atoms with Crippen molar-refractivity contribution in [2.24, 2.45) is 5.92 Å². The van der Waals surface area contributed by atoms with Crippen molar-refractivity contribution in [2.45, 2.75) is 56.7 Å². The largest absolute Gasteiger partial charge is 0.434 e. The van der Waals surface area contributed by atoms with Crippen molar-refractivity contribution in [1.82, 2.24) is 15.6 Å². The van der Waals surface area contributed by atoms with E-state index in [2.05, 4.69) is 15.6 Å². The van der Waals surface area contributed by atoms with E-state index >= 15 is 0 Å². The minimum Gasteiger partial charge on any atom is -0.434 e. The lowest BCUT2D eigenvalue weighted by Crippen LogP contribution is -2.56. The van der Waals surface area contributed by atoms with Crippen LogP contribution in [0, 0.1) is 5.92 Å². The van der Waals surface area contributed by atoms with E-state index in [1.165, 1.54) is 0 Å². The van der Waals surface area contributed by atoms with Crippen molar-refractivity contribution in [3.63, 3.8) is 0 Å². The molecule has 5 rings (SSSR count). The molecule has 0 radical (unpaired) electrons. The number of fused-ring (bicyclic) bond motifs is 1. The summed E-state index contributed by atoms with van der Waals surface area (Å²) in [4.78, 5) is 31.6. The third-order valence-electron chi connectivity index (χ3n) is 7.28. The molecule has 0 spiro atoms. The molecule has 2 aliphatic rings. The van der Waals surface area contributed by atoms with Crippen molar-refractivity contribution in [3.05, 3.63) is 66.1 Å². The summed E-state index contributed by atoms with van der Waals surface area (Å²) in [7, 11) is -3.46. The van der Waals surface area contributed by atoms with E-state index in [9.17, 15) is 18.0 Å². The van der Waals surface area contributed by atoms with E-state index in [1.54, 1.807) is 18.2 Å². The third kappa shape index (κ3) is 7.74. The second-order valence-corrected chi connectivity index (χ2v) is 12.7. The Labute approximate surface area is 228 Å². The summed E-state index contributed by atoms with van der Waals surface area (Å²) in [6, 6.07) is 14.8. The monoisotopic (exact) mass is 553 g/mol. The van der Waals surface area contributed by atoms with Gasteiger partial charge in [-0.05, 0) is 62.1 Å². The molecule has 9 nitrogen and oxygen atoms in total. The van der Waals surface area contributed by atoms with Crippen molar-refractivity contribution in [3.8, 4) is 0 Å². The lowest BCUT2D eigenvalue weighted by Gasteiger charge is -2.29. The molecule has 1 aliphatic heterocycles. The molecular formula is C29H35N3O6S. The van der Waals surface area contributed by atoms with Crippen LogP contribution >= 0.6 is 0 Å². The number of carbonyl (C=O) groups is 2. The highest BCUT2D eigenvalue weighted by Gasteiger charge is 2.35. The van der Waals surface area contributed by atoms with Gasteiger partial charge in [0.1, 0.15) is 11.6 Å². The zero-order chi connectivity index (χ0) is 27.2. The summed E-state index contributed by atoms with van der Waals surface area (Å²) in [5, 5.41) is 6.13. The van der Waals surface area contributed by atoms with Gasteiger partial charge in [0.15, 0.2) is 15.4 Å². The topological polar surface area (TPSA) is 128 Å². The maximum atomic E-state index is 13.7. The van der Waals surface area contributed by atoms with Gasteiger partial charge in [-0.1, -0.05) is 42.5 Å². The molecule has 2 atom stereocenters. The van der Waals surface area contributed by atoms with Gasteiger partial charge >= 0.3 is 0 Å². The summed E-state index contributed by atoms with van der Waals surface area (Å²) < 4.78 is 37.1. The number of nitrogens with zero attached hydrogens (tertiary/aromatic N) is 1. The molecule has 208 valence electrons. The number of carbonyl (C=O) groups excluding carboxylic acids is 2. The lowest BCUT2D eigenvalue weighted by atomic mass is 10.0. The standard InChI is InChI=1S/C29H35N3O6S/c33-27(29-32-23-8-4-5-9-26(23)38-29)24(13-12-20-6-2-1-3-7-20)31-28(34)25(30-22-14-16-37-17-15-22)19-39(35,36)18-21-10-11-21/h1-9,21-22,24-25,30H,10-19H2,(H,31,34)/t24-,25?/m0/s1. The maximum absolute atomic E-state index is 13.7. The van der Waals surface area contributed by atoms with Gasteiger partial charge in [0.05, 0.1) is 17.5 Å². The highest BCUT2D eigenvalue weighted by atomic mass is 32.2. The number of aryl methyl sites for hydroxylation is 1. The van der Waals surface area contributed by atoms with Gasteiger partial charge in [-0.25, -0.2) is 13.4 Å². The zero-order valence-electron chi connectivity index (χ0n) is 21.9. The van der Waals surface area contributed by atoms with Crippen LogP contribution in [-0.4, -0.2) is 67.9 Å². The molecule has 1 saturated carbocycles. The molecule has 1 aromatic heterocycles. The van der Waals surface area contributed by atoms with Crippen LogP contribution in [0.1, 0.15) is 48.4 Å². The minimum atomic E-state index is -3.46. The number of ketones is 1. The number of para-hydroxylation sites is 2. The van der Waals surface area contributed by atoms with Gasteiger partial charge in [0.2, 0.25) is 11.7 Å². The normalized spacial score (nSPS) is 18.1. The molecular weight excluding hydrogens is 518 g/mol. The first-order chi connectivity index (χ1) is 18.9. The number of oxazole rings is 1. The van der Waals surface area contributed by atoms with E-state index in [0.29, 0.717) is 50.0 Å². The molecule has 1 aliphatic carbocycles. The molecule has 1 unspecified atom stereocenters. The summed E-state index contributed by atoms with van der Waals surface area (Å²) in [6.45, 7) is 1.10. The number of sulfone groups is 1. The highest BCUT2D eigenvalue weighted by Crippen LogP contribution is 2.30. The fourth-order valence-corrected chi connectivity index (χ4v) is 6.88. The van der Waals surface area contributed by atoms with Crippen molar-refractivity contribution in [1.29, 1.82) is 0 Å². The van der Waals surface area contributed by atoms with Crippen LogP contribution in [0.2, 0.25) is 0 Å². The van der Waals surface area contributed by atoms with Crippen LogP contribution in [0.4, 0.5) is 0 Å². The first-order valence-corrected chi connectivity index (χ1v) is 15.5. The van der Waals surface area contributed by atoms with Gasteiger partial charge in [-0.3, -0.25) is 9.59 Å². The van der Waals surface area contributed by atoms with Crippen LogP contribution in [0.15, 0.2) is 59.0 Å². The van der Waals surface area contributed by atoms with Crippen LogP contribution < -0.4 is 10.6 Å². The van der Waals surface area contributed by atoms with Crippen LogP contribution in [0.3, 0.4) is 0 Å². The average molecular weight is 554 g/mol. The zero-order valence-corrected chi connectivity index (χ0v) is 22.7. The Kier molecular flexibility index (Phi) is 8.74. The first-order valence-electron chi connectivity index (χ1n) is 13.6. The number of Topliss-reactive ketones (excluding diaryl/α,β-unsaturated/α-hetero) is 1. The summed E-state index contributed by atoms with van der Waals surface area (Å²) in [5.41, 5.74) is 2.06. The van der Waals surface area contributed by atoms with E-state index in [0.717, 1.165) is 18.4 Å². The van der Waals surface area contributed by atoms with Gasteiger partial charge in [-0.2, -0.15) is 0 Å². The Morgan fingerprint density at radius 3 is 2.38 bits per heavy atom. The van der Waals surface area contributed by atoms with Crippen LogP contribution in [0.5, 0.6) is 0 Å². The van der Waals surface area contributed by atoms with E-state index in [1.807, 2.05) is 36.4 Å². The van der Waals surface area contributed by atoms with E-state index in [4.69, 9.17) is 9.15 Å². The molecule has 10 heteroatoms. The Balaban J connectivity index is 1.36. The van der Waals surface area contributed by atoms with Gasteiger partial charge < -0.3 is 19.8 Å². The Hall–Kier alpha value is -3.08. The second kappa shape index (κ2) is 12.4. The number of rotatable bonds is 13. The Morgan fingerprint density at radius 1 is 0.949 bits per heavy atom. The molecule has 2 fully saturated rings. The van der Waals surface area contributed by atoms with E-state index < -0.39 is 33.6 Å². The smallest absolute Gasteiger partial charge is 0.266 e. The number of aromatic nitrogens is 1. The number of hydrogen-bond acceptors (Lipinski definition) is 8. The molecule has 3 aromatic rings. The van der Waals surface area contributed by atoms with E-state index in [-0.39, 0.29) is 29.4 Å². The predicted octanol–water partition coefficient (Wildman–Crippen LogP) is 3.09. The number of ether oxygens (including phenoxy) is 1. The molecule has 2 N–H and O–H groups in total. The molecule has 2 heterocycles. The minimum absolute atomic E-state index is 0.0406. The van der Waals surface area contributed by atoms with Crippen LogP contribution in [-0.2, 0) is 25.8 Å². The molecule has 0 bridgehead atoms. The van der Waals surface area contributed by atoms with Gasteiger partial charge in [-0.15, -0.1) is 0 Å². The number of hydrogen-bond donors (Lipinski definition) is 2. The summed E-state index contributed by atoms with van der Waals surface area (Å²) in [6.07, 6.45) is 4.04. The fraction of sp³-hybridized carbons (Fsp3) is 0.483. The van der Waals surface area contributed by atoms with Crippen molar-refractivity contribution < 1.29 is 27.2 Å². The molecule has 2 aromatic carbocycles. The second-order valence-electron chi connectivity index (χ2n) is 10.6. The lowest BCUT2D eigenvalue weighted by molar-refractivity contribution is -0.123. The van der Waals surface area contributed by atoms with Crippen molar-refractivity contribution >= 4 is 32.6 Å². The van der Waals surface area contributed by atoms with Gasteiger partial charge in [0.25, 0.3) is 5.89 Å². The molecule has 1 saturated heterocycles. The SMILES string of the molecule is O=C(N[C@@H](CCc1ccccc1)C(=O)c1nc2ccccc2o1)C(CS(=O)(=O)CC1CC1)NC1CCOCC1. The number of amides is 1. The first kappa shape index (κ1) is 27.5. The van der Waals surface area contributed by atoms with Crippen LogP contribution in [0.25, 0.3) is 11.1 Å². The molecule has 1 amide bonds. The molecule has 39 heavy (non-hydrogen) atoms. The Morgan fingerprint density at radius 2 is 1.67 bits per heavy atom. The quantitative estimate of drug-likeness (QED) is 0.309. The summed E-state index contributed by atoms with van der Waals surface area (Å²) in [5.74, 6) is -1.07. The fourth-order valence-electron chi connectivity index (χ4n) is 4.94. The number of benzene rings is 2. The summed E-state index contributed by atoms with van der Waals surface area (Å²) >= 11 is 0. The van der Waals surface area contributed by atoms with Gasteiger partial charge in [0, 0.05) is 19.3 Å². The predicted molar refractivity (Wildman–Crippen MR) is 147 cm³/mol. The Bertz CT molecular complexity index is 1350. The third-order valence-corrected chi connectivity index (χ3v) is 9.10.